The number of nitrogens with zero attached hydrogens (tertiary/aromatic N) is 1. The topological polar surface area (TPSA) is 104 Å². The van der Waals surface area contributed by atoms with E-state index in [4.69, 9.17) is 16.9 Å². The molecule has 1 aliphatic rings. The second-order valence-electron chi connectivity index (χ2n) is 4.46. The zero-order valence-electron chi connectivity index (χ0n) is 10.2. The van der Waals surface area contributed by atoms with Gasteiger partial charge in [0.15, 0.2) is 9.84 Å². The lowest BCUT2D eigenvalue weighted by molar-refractivity contribution is 0.563. The van der Waals surface area contributed by atoms with Crippen LogP contribution in [0.1, 0.15) is 5.56 Å². The Morgan fingerprint density at radius 2 is 2.05 bits per heavy atom. The van der Waals surface area contributed by atoms with Crippen molar-refractivity contribution >= 4 is 31.5 Å². The van der Waals surface area contributed by atoms with Crippen LogP contribution in [0, 0.1) is 11.3 Å². The smallest absolute Gasteiger partial charge is 0.229 e. The molecule has 1 saturated heterocycles. The Balaban J connectivity index is 2.26. The summed E-state index contributed by atoms with van der Waals surface area (Å²) in [7, 11) is -7.23. The first-order valence-electron chi connectivity index (χ1n) is 5.60. The van der Waals surface area contributed by atoms with Gasteiger partial charge in [-0.3, -0.25) is 0 Å². The van der Waals surface area contributed by atoms with Gasteiger partial charge in [0.05, 0.1) is 39.5 Å². The van der Waals surface area contributed by atoms with Crippen LogP contribution in [0.2, 0.25) is 0 Å². The molecule has 0 bridgehead atoms. The highest BCUT2D eigenvalue weighted by Gasteiger charge is 2.38. The summed E-state index contributed by atoms with van der Waals surface area (Å²) in [6, 6.07) is 6.44. The molecule has 0 aliphatic carbocycles. The van der Waals surface area contributed by atoms with Crippen molar-refractivity contribution in [2.45, 2.75) is 16.3 Å². The average Bonchev–Trinajstić information content (AvgIpc) is 2.61. The van der Waals surface area contributed by atoms with Crippen LogP contribution in [0.3, 0.4) is 0 Å². The van der Waals surface area contributed by atoms with Crippen LogP contribution in [-0.4, -0.2) is 39.8 Å². The number of rotatable bonds is 3. The van der Waals surface area contributed by atoms with E-state index in [1.54, 1.807) is 0 Å². The van der Waals surface area contributed by atoms with Crippen molar-refractivity contribution in [2.24, 2.45) is 0 Å². The van der Waals surface area contributed by atoms with Gasteiger partial charge in [-0.2, -0.15) is 5.26 Å². The van der Waals surface area contributed by atoms with Crippen LogP contribution < -0.4 is 4.72 Å². The molecule has 0 saturated carbocycles. The number of sulfonamides is 1. The van der Waals surface area contributed by atoms with Crippen molar-refractivity contribution in [3.63, 3.8) is 0 Å². The molecule has 0 amide bonds. The fourth-order valence-corrected chi connectivity index (χ4v) is 5.96. The number of sulfone groups is 1. The first-order chi connectivity index (χ1) is 9.23. The van der Waals surface area contributed by atoms with E-state index in [0.717, 1.165) is 0 Å². The van der Waals surface area contributed by atoms with Crippen molar-refractivity contribution in [2.75, 3.05) is 11.5 Å². The second kappa shape index (κ2) is 5.33. The SMILES string of the molecule is N#Cc1cccc(S(=O)(=O)N[C@H]2CS(=O)(=O)C[C@@H]2Cl)c1. The van der Waals surface area contributed by atoms with Crippen molar-refractivity contribution in [3.05, 3.63) is 29.8 Å². The minimum Gasteiger partial charge on any atom is -0.229 e. The van der Waals surface area contributed by atoms with Gasteiger partial charge in [-0.25, -0.2) is 21.6 Å². The number of nitriles is 1. The number of nitrogens with one attached hydrogen (secondary N) is 1. The first-order valence-corrected chi connectivity index (χ1v) is 9.34. The van der Waals surface area contributed by atoms with Crippen LogP contribution in [0.4, 0.5) is 0 Å². The van der Waals surface area contributed by atoms with Crippen LogP contribution in [0.25, 0.3) is 0 Å². The number of benzene rings is 1. The number of alkyl halides is 1. The number of hydrogen-bond donors (Lipinski definition) is 1. The molecule has 1 aromatic carbocycles. The third-order valence-corrected chi connectivity index (χ3v) is 6.73. The molecule has 2 rings (SSSR count). The van der Waals surface area contributed by atoms with Gasteiger partial charge in [-0.05, 0) is 18.2 Å². The molecule has 1 aromatic rings. The lowest BCUT2D eigenvalue weighted by Gasteiger charge is -2.14. The van der Waals surface area contributed by atoms with Crippen molar-refractivity contribution in [3.8, 4) is 6.07 Å². The molecule has 0 unspecified atom stereocenters. The van der Waals surface area contributed by atoms with E-state index in [1.807, 2.05) is 6.07 Å². The molecule has 1 aliphatic heterocycles. The molecule has 20 heavy (non-hydrogen) atoms. The summed E-state index contributed by atoms with van der Waals surface area (Å²) in [5.74, 6) is -0.571. The van der Waals surface area contributed by atoms with Gasteiger partial charge in [0.1, 0.15) is 0 Å². The molecule has 1 N–H and O–H groups in total. The highest BCUT2D eigenvalue weighted by atomic mass is 35.5. The van der Waals surface area contributed by atoms with Crippen molar-refractivity contribution in [1.82, 2.24) is 4.72 Å². The lowest BCUT2D eigenvalue weighted by atomic mass is 10.2. The molecular weight excluding hydrogens is 324 g/mol. The van der Waals surface area contributed by atoms with E-state index in [2.05, 4.69) is 4.72 Å². The monoisotopic (exact) mass is 334 g/mol. The molecule has 9 heteroatoms. The average molecular weight is 335 g/mol. The third kappa shape index (κ3) is 3.30. The predicted octanol–water partition coefficient (Wildman–Crippen LogP) is 0.241. The quantitative estimate of drug-likeness (QED) is 0.797. The van der Waals surface area contributed by atoms with E-state index in [0.29, 0.717) is 0 Å². The van der Waals surface area contributed by atoms with E-state index in [1.165, 1.54) is 24.3 Å². The molecule has 108 valence electrons. The first kappa shape index (κ1) is 15.3. The molecule has 0 radical (unpaired) electrons. The lowest BCUT2D eigenvalue weighted by Crippen LogP contribution is -2.40. The molecule has 1 heterocycles. The van der Waals surface area contributed by atoms with E-state index in [-0.39, 0.29) is 22.0 Å². The van der Waals surface area contributed by atoms with E-state index < -0.39 is 31.3 Å². The van der Waals surface area contributed by atoms with Crippen LogP contribution in [-0.2, 0) is 19.9 Å². The molecule has 6 nitrogen and oxygen atoms in total. The largest absolute Gasteiger partial charge is 0.240 e. The van der Waals surface area contributed by atoms with E-state index in [9.17, 15) is 16.8 Å². The molecule has 0 aromatic heterocycles. The summed E-state index contributed by atoms with van der Waals surface area (Å²) in [6.45, 7) is 0. The van der Waals surface area contributed by atoms with Gasteiger partial charge in [-0.15, -0.1) is 11.6 Å². The Hall–Kier alpha value is -1.14. The summed E-state index contributed by atoms with van der Waals surface area (Å²) in [5.41, 5.74) is 0.203. The Morgan fingerprint density at radius 1 is 1.35 bits per heavy atom. The van der Waals surface area contributed by atoms with Crippen molar-refractivity contribution < 1.29 is 16.8 Å². The second-order valence-corrected chi connectivity index (χ2v) is 8.89. The van der Waals surface area contributed by atoms with E-state index >= 15 is 0 Å². The zero-order valence-corrected chi connectivity index (χ0v) is 12.5. The van der Waals surface area contributed by atoms with Crippen molar-refractivity contribution in [1.29, 1.82) is 5.26 Å². The van der Waals surface area contributed by atoms with Crippen LogP contribution >= 0.6 is 11.6 Å². The van der Waals surface area contributed by atoms with Gasteiger partial charge in [0.2, 0.25) is 10.0 Å². The zero-order chi connectivity index (χ0) is 15.0. The maximum atomic E-state index is 12.1. The number of hydrogen-bond acceptors (Lipinski definition) is 5. The Kier molecular flexibility index (Phi) is 4.07. The summed E-state index contributed by atoms with van der Waals surface area (Å²) in [5, 5.41) is 7.96. The summed E-state index contributed by atoms with van der Waals surface area (Å²) in [4.78, 5) is -0.0929. The maximum absolute atomic E-state index is 12.1. The fourth-order valence-electron chi connectivity index (χ4n) is 1.91. The molecule has 0 spiro atoms. The predicted molar refractivity (Wildman–Crippen MR) is 73.6 cm³/mol. The van der Waals surface area contributed by atoms with Crippen LogP contribution in [0.5, 0.6) is 0 Å². The summed E-state index contributed by atoms with van der Waals surface area (Å²) in [6.07, 6.45) is 0. The highest BCUT2D eigenvalue weighted by molar-refractivity contribution is 7.92. The molecule has 2 atom stereocenters. The normalized spacial score (nSPS) is 25.2. The van der Waals surface area contributed by atoms with Gasteiger partial charge in [0, 0.05) is 0 Å². The third-order valence-electron chi connectivity index (χ3n) is 2.86. The summed E-state index contributed by atoms with van der Waals surface area (Å²) >= 11 is 5.86. The minimum absolute atomic E-state index is 0.0929. The van der Waals surface area contributed by atoms with Gasteiger partial charge >= 0.3 is 0 Å². The Bertz CT molecular complexity index is 768. The molecular formula is C11H11ClN2O4S2. The summed E-state index contributed by atoms with van der Waals surface area (Å²) < 4.78 is 49.4. The standard InChI is InChI=1S/C11H11ClN2O4S2/c12-10-6-19(15,16)7-11(10)14-20(17,18)9-3-1-2-8(4-9)5-13/h1-4,10-11,14H,6-7H2/t10-,11-/m0/s1. The number of halogens is 1. The molecule has 1 fully saturated rings. The Morgan fingerprint density at radius 3 is 2.60 bits per heavy atom. The van der Waals surface area contributed by atoms with Gasteiger partial charge in [-0.1, -0.05) is 6.07 Å². The fraction of sp³-hybridized carbons (Fsp3) is 0.364. The van der Waals surface area contributed by atoms with Crippen LogP contribution in [0.15, 0.2) is 29.2 Å². The Labute approximate surface area is 122 Å². The van der Waals surface area contributed by atoms with Gasteiger partial charge < -0.3 is 0 Å². The maximum Gasteiger partial charge on any atom is 0.240 e. The highest BCUT2D eigenvalue weighted by Crippen LogP contribution is 2.20. The minimum atomic E-state index is -3.91. The van der Waals surface area contributed by atoms with Gasteiger partial charge in [0.25, 0.3) is 0 Å².